The molecule has 0 saturated carbocycles. The summed E-state index contributed by atoms with van der Waals surface area (Å²) < 4.78 is 5.81. The average Bonchev–Trinajstić information content (AvgIpc) is 2.62. The first-order chi connectivity index (χ1) is 11.8. The van der Waals surface area contributed by atoms with Gasteiger partial charge in [-0.2, -0.15) is 5.10 Å². The number of aromatic nitrogens is 2. The highest BCUT2D eigenvalue weighted by Gasteiger charge is 2.09. The van der Waals surface area contributed by atoms with Gasteiger partial charge in [-0.05, 0) is 44.0 Å². The number of aromatic amines is 1. The molecule has 1 heterocycles. The van der Waals surface area contributed by atoms with E-state index in [1.54, 1.807) is 6.07 Å². The molecule has 3 rings (SSSR count). The molecule has 5 nitrogen and oxygen atoms in total. The summed E-state index contributed by atoms with van der Waals surface area (Å²) in [4.78, 5) is 11.9. The van der Waals surface area contributed by atoms with E-state index in [0.717, 1.165) is 48.2 Å². The molecule has 0 aliphatic heterocycles. The summed E-state index contributed by atoms with van der Waals surface area (Å²) in [5.41, 5.74) is 6.98. The maximum atomic E-state index is 11.9. The van der Waals surface area contributed by atoms with Crippen molar-refractivity contribution in [1.29, 1.82) is 0 Å². The number of hydrogen-bond donors (Lipinski definition) is 2. The lowest BCUT2D eigenvalue weighted by molar-refractivity contribution is 0.306. The number of fused-ring (bicyclic) bond motifs is 1. The molecule has 0 aliphatic carbocycles. The standard InChI is InChI=1S/C19H21N3O2/c20-11-4-1-5-12-24-15-8-6-7-14(13-15)18-16-9-2-3-10-17(16)19(23)22-21-18/h2-3,6-10,13H,1,4-5,11-12,20H2,(H,22,23). The number of nitrogens with two attached hydrogens (primary N) is 1. The van der Waals surface area contributed by atoms with Gasteiger partial charge in [-0.15, -0.1) is 0 Å². The third kappa shape index (κ3) is 3.63. The summed E-state index contributed by atoms with van der Waals surface area (Å²) in [7, 11) is 0. The van der Waals surface area contributed by atoms with Crippen molar-refractivity contribution in [3.63, 3.8) is 0 Å². The van der Waals surface area contributed by atoms with Crippen molar-refractivity contribution < 1.29 is 4.74 Å². The summed E-state index contributed by atoms with van der Waals surface area (Å²) in [6, 6.07) is 15.3. The molecule has 1 aromatic heterocycles. The first-order valence-corrected chi connectivity index (χ1v) is 8.20. The molecule has 0 saturated heterocycles. The van der Waals surface area contributed by atoms with Gasteiger partial charge in [0.15, 0.2) is 0 Å². The predicted octanol–water partition coefficient (Wildman–Crippen LogP) is 3.10. The highest BCUT2D eigenvalue weighted by atomic mass is 16.5. The van der Waals surface area contributed by atoms with Crippen molar-refractivity contribution in [2.45, 2.75) is 19.3 Å². The van der Waals surface area contributed by atoms with Crippen LogP contribution in [0.15, 0.2) is 53.3 Å². The van der Waals surface area contributed by atoms with E-state index < -0.39 is 0 Å². The van der Waals surface area contributed by atoms with Gasteiger partial charge in [-0.3, -0.25) is 4.79 Å². The SMILES string of the molecule is NCCCCCOc1cccc(-c2n[nH]c(=O)c3ccccc23)c1. The number of benzene rings is 2. The molecular weight excluding hydrogens is 302 g/mol. The molecule has 0 bridgehead atoms. The second kappa shape index (κ2) is 7.75. The third-order valence-electron chi connectivity index (χ3n) is 3.92. The Morgan fingerprint density at radius 3 is 2.67 bits per heavy atom. The van der Waals surface area contributed by atoms with Crippen molar-refractivity contribution in [3.8, 4) is 17.0 Å². The number of nitrogens with one attached hydrogen (secondary N) is 1. The van der Waals surface area contributed by atoms with E-state index >= 15 is 0 Å². The molecule has 0 aliphatic rings. The Balaban J connectivity index is 1.84. The van der Waals surface area contributed by atoms with Crippen molar-refractivity contribution in [3.05, 3.63) is 58.9 Å². The van der Waals surface area contributed by atoms with E-state index in [9.17, 15) is 4.79 Å². The molecule has 3 aromatic rings. The van der Waals surface area contributed by atoms with Crippen molar-refractivity contribution in [2.24, 2.45) is 5.73 Å². The number of H-pyrrole nitrogens is 1. The van der Waals surface area contributed by atoms with Crippen LogP contribution in [0.1, 0.15) is 19.3 Å². The molecule has 5 heteroatoms. The summed E-state index contributed by atoms with van der Waals surface area (Å²) in [6.07, 6.45) is 3.08. The third-order valence-corrected chi connectivity index (χ3v) is 3.92. The van der Waals surface area contributed by atoms with Crippen molar-refractivity contribution in [1.82, 2.24) is 10.2 Å². The second-order valence-electron chi connectivity index (χ2n) is 5.67. The smallest absolute Gasteiger partial charge is 0.272 e. The van der Waals surface area contributed by atoms with Crippen LogP contribution in [0.4, 0.5) is 0 Å². The monoisotopic (exact) mass is 323 g/mol. The van der Waals surface area contributed by atoms with Crippen LogP contribution < -0.4 is 16.0 Å². The lowest BCUT2D eigenvalue weighted by atomic mass is 10.1. The van der Waals surface area contributed by atoms with E-state index in [1.807, 2.05) is 42.5 Å². The Morgan fingerprint density at radius 2 is 1.83 bits per heavy atom. The van der Waals surface area contributed by atoms with Gasteiger partial charge < -0.3 is 10.5 Å². The Labute approximate surface area is 140 Å². The normalized spacial score (nSPS) is 10.9. The number of hydrogen-bond acceptors (Lipinski definition) is 4. The summed E-state index contributed by atoms with van der Waals surface area (Å²) in [5, 5.41) is 8.27. The fraction of sp³-hybridized carbons (Fsp3) is 0.263. The van der Waals surface area contributed by atoms with E-state index in [4.69, 9.17) is 10.5 Å². The molecule has 0 spiro atoms. The molecule has 124 valence electrons. The zero-order valence-corrected chi connectivity index (χ0v) is 13.5. The summed E-state index contributed by atoms with van der Waals surface area (Å²) in [6.45, 7) is 1.39. The van der Waals surface area contributed by atoms with Crippen molar-refractivity contribution in [2.75, 3.05) is 13.2 Å². The van der Waals surface area contributed by atoms with E-state index in [-0.39, 0.29) is 5.56 Å². The van der Waals surface area contributed by atoms with Gasteiger partial charge in [0.25, 0.3) is 5.56 Å². The Hall–Kier alpha value is -2.66. The van der Waals surface area contributed by atoms with Gasteiger partial charge >= 0.3 is 0 Å². The van der Waals surface area contributed by atoms with Crippen LogP contribution in [0.2, 0.25) is 0 Å². The quantitative estimate of drug-likeness (QED) is 0.655. The zero-order chi connectivity index (χ0) is 16.8. The minimum absolute atomic E-state index is 0.179. The van der Waals surface area contributed by atoms with Crippen molar-refractivity contribution >= 4 is 10.8 Å². The van der Waals surface area contributed by atoms with Crippen LogP contribution in [0.25, 0.3) is 22.0 Å². The molecule has 3 N–H and O–H groups in total. The van der Waals surface area contributed by atoms with E-state index in [2.05, 4.69) is 10.2 Å². The Bertz CT molecular complexity index is 874. The van der Waals surface area contributed by atoms with Gasteiger partial charge in [0.1, 0.15) is 5.75 Å². The molecule has 24 heavy (non-hydrogen) atoms. The molecule has 2 aromatic carbocycles. The second-order valence-corrected chi connectivity index (χ2v) is 5.67. The minimum Gasteiger partial charge on any atom is -0.494 e. The van der Waals surface area contributed by atoms with Crippen LogP contribution in [-0.4, -0.2) is 23.3 Å². The van der Waals surface area contributed by atoms with Gasteiger partial charge in [0.2, 0.25) is 0 Å². The van der Waals surface area contributed by atoms with Crippen LogP contribution >= 0.6 is 0 Å². The lowest BCUT2D eigenvalue weighted by Gasteiger charge is -2.09. The number of unbranched alkanes of at least 4 members (excludes halogenated alkanes) is 2. The van der Waals surface area contributed by atoms with Crippen LogP contribution in [0.3, 0.4) is 0 Å². The van der Waals surface area contributed by atoms with Gasteiger partial charge in [-0.1, -0.05) is 30.3 Å². The minimum atomic E-state index is -0.179. The molecule has 0 fully saturated rings. The molecule has 0 amide bonds. The topological polar surface area (TPSA) is 81.0 Å². The van der Waals surface area contributed by atoms with Crippen LogP contribution in [0, 0.1) is 0 Å². The molecule has 0 radical (unpaired) electrons. The first-order valence-electron chi connectivity index (χ1n) is 8.20. The molecular formula is C19H21N3O2. The highest BCUT2D eigenvalue weighted by Crippen LogP contribution is 2.27. The fourth-order valence-corrected chi connectivity index (χ4v) is 2.68. The maximum Gasteiger partial charge on any atom is 0.272 e. The van der Waals surface area contributed by atoms with Gasteiger partial charge in [0.05, 0.1) is 17.7 Å². The Kier molecular flexibility index (Phi) is 5.23. The lowest BCUT2D eigenvalue weighted by Crippen LogP contribution is -2.09. The van der Waals surface area contributed by atoms with Gasteiger partial charge in [-0.25, -0.2) is 5.10 Å². The van der Waals surface area contributed by atoms with E-state index in [1.165, 1.54) is 0 Å². The maximum absolute atomic E-state index is 11.9. The summed E-state index contributed by atoms with van der Waals surface area (Å²) in [5.74, 6) is 0.803. The molecule has 0 atom stereocenters. The first kappa shape index (κ1) is 16.2. The van der Waals surface area contributed by atoms with Crippen LogP contribution in [0.5, 0.6) is 5.75 Å². The number of rotatable bonds is 7. The van der Waals surface area contributed by atoms with Gasteiger partial charge in [0, 0.05) is 10.9 Å². The largest absolute Gasteiger partial charge is 0.494 e. The van der Waals surface area contributed by atoms with E-state index in [0.29, 0.717) is 12.0 Å². The number of ether oxygens (including phenoxy) is 1. The fourth-order valence-electron chi connectivity index (χ4n) is 2.68. The average molecular weight is 323 g/mol. The van der Waals surface area contributed by atoms with Crippen LogP contribution in [-0.2, 0) is 0 Å². The summed E-state index contributed by atoms with van der Waals surface area (Å²) >= 11 is 0. The number of nitrogens with zero attached hydrogens (tertiary/aromatic N) is 1. The zero-order valence-electron chi connectivity index (χ0n) is 13.5. The molecule has 0 unspecified atom stereocenters. The Morgan fingerprint density at radius 1 is 1.00 bits per heavy atom. The predicted molar refractivity (Wildman–Crippen MR) is 96.2 cm³/mol. The highest BCUT2D eigenvalue weighted by molar-refractivity contribution is 5.93.